The molecule has 9 heteroatoms. The van der Waals surface area contributed by atoms with Gasteiger partial charge in [0.05, 0.1) is 6.26 Å². The van der Waals surface area contributed by atoms with Gasteiger partial charge in [-0.15, -0.1) is 0 Å². The van der Waals surface area contributed by atoms with Crippen molar-refractivity contribution in [1.82, 2.24) is 14.9 Å². The van der Waals surface area contributed by atoms with Gasteiger partial charge >= 0.3 is 12.0 Å². The summed E-state index contributed by atoms with van der Waals surface area (Å²) < 4.78 is 28.5. The summed E-state index contributed by atoms with van der Waals surface area (Å²) in [7, 11) is -3.11. The monoisotopic (exact) mass is 235 g/mol. The molecule has 1 aromatic heterocycles. The molecule has 0 bridgehead atoms. The zero-order valence-electron chi connectivity index (χ0n) is 8.23. The first-order valence-corrected chi connectivity index (χ1v) is 6.14. The second kappa shape index (κ2) is 4.94. The fourth-order valence-electron chi connectivity index (χ4n) is 0.847. The number of nitrogens with two attached hydrogens (primary N) is 1. The normalized spacial score (nSPS) is 11.5. The zero-order chi connectivity index (χ0) is 11.3. The maximum atomic E-state index is 10.7. The summed E-state index contributed by atoms with van der Waals surface area (Å²) in [4.78, 5) is 0. The van der Waals surface area contributed by atoms with Crippen LogP contribution >= 0.6 is 0 Å². The molecule has 0 saturated carbocycles. The van der Waals surface area contributed by atoms with Gasteiger partial charge in [-0.25, -0.2) is 13.1 Å². The molecule has 1 heterocycles. The summed E-state index contributed by atoms with van der Waals surface area (Å²) in [6.45, 7) is 0.875. The lowest BCUT2D eigenvalue weighted by Gasteiger charge is -2.02. The standard InChI is InChI=1S/C6H13N5O3S/c1-15(12,13)9-4-2-3-8-6-11-10-5(7)14-6/h9H,2-4H2,1H3,(H2,7,10)(H,8,11). The van der Waals surface area contributed by atoms with Crippen molar-refractivity contribution in [3.63, 3.8) is 0 Å². The van der Waals surface area contributed by atoms with Crippen molar-refractivity contribution in [2.45, 2.75) is 6.42 Å². The lowest BCUT2D eigenvalue weighted by molar-refractivity contribution is 0.580. The Morgan fingerprint density at radius 1 is 1.40 bits per heavy atom. The molecule has 0 aliphatic heterocycles. The third kappa shape index (κ3) is 5.18. The molecule has 1 rings (SSSR count). The van der Waals surface area contributed by atoms with E-state index >= 15 is 0 Å². The number of hydrogen-bond donors (Lipinski definition) is 3. The maximum Gasteiger partial charge on any atom is 0.316 e. The molecule has 0 unspecified atom stereocenters. The number of nitrogens with zero attached hydrogens (tertiary/aromatic N) is 2. The van der Waals surface area contributed by atoms with E-state index in [1.54, 1.807) is 0 Å². The van der Waals surface area contributed by atoms with Crippen LogP contribution in [0.4, 0.5) is 12.0 Å². The Hall–Kier alpha value is -1.35. The highest BCUT2D eigenvalue weighted by Crippen LogP contribution is 2.05. The average Bonchev–Trinajstić information content (AvgIpc) is 2.49. The van der Waals surface area contributed by atoms with E-state index in [-0.39, 0.29) is 12.0 Å². The van der Waals surface area contributed by atoms with E-state index in [0.29, 0.717) is 19.5 Å². The molecule has 4 N–H and O–H groups in total. The highest BCUT2D eigenvalue weighted by Gasteiger charge is 2.01. The van der Waals surface area contributed by atoms with E-state index in [2.05, 4.69) is 20.2 Å². The number of nitrogens with one attached hydrogen (secondary N) is 2. The summed E-state index contributed by atoms with van der Waals surface area (Å²) in [5, 5.41) is 9.81. The first kappa shape index (κ1) is 11.7. The second-order valence-electron chi connectivity index (χ2n) is 2.89. The summed E-state index contributed by atoms with van der Waals surface area (Å²) >= 11 is 0. The number of rotatable bonds is 6. The molecule has 15 heavy (non-hydrogen) atoms. The van der Waals surface area contributed by atoms with Crippen LogP contribution in [0.5, 0.6) is 0 Å². The van der Waals surface area contributed by atoms with Gasteiger partial charge in [-0.3, -0.25) is 0 Å². The molecule has 1 aromatic rings. The van der Waals surface area contributed by atoms with Crippen LogP contribution < -0.4 is 15.8 Å². The summed E-state index contributed by atoms with van der Waals surface area (Å²) in [5.41, 5.74) is 5.19. The fraction of sp³-hybridized carbons (Fsp3) is 0.667. The number of hydrogen-bond acceptors (Lipinski definition) is 7. The van der Waals surface area contributed by atoms with Crippen LogP contribution in [0.25, 0.3) is 0 Å². The molecule has 0 aliphatic rings. The van der Waals surface area contributed by atoms with Crippen LogP contribution in [-0.2, 0) is 10.0 Å². The maximum absolute atomic E-state index is 10.7. The van der Waals surface area contributed by atoms with Gasteiger partial charge in [-0.2, -0.15) is 0 Å². The molecule has 0 spiro atoms. The van der Waals surface area contributed by atoms with Gasteiger partial charge in [0.25, 0.3) is 0 Å². The van der Waals surface area contributed by atoms with Crippen molar-refractivity contribution in [3.05, 3.63) is 0 Å². The molecule has 0 fully saturated rings. The van der Waals surface area contributed by atoms with Gasteiger partial charge < -0.3 is 15.5 Å². The number of aromatic nitrogens is 2. The van der Waals surface area contributed by atoms with Crippen molar-refractivity contribution >= 4 is 22.1 Å². The van der Waals surface area contributed by atoms with Gasteiger partial charge in [0, 0.05) is 13.1 Å². The summed E-state index contributed by atoms with van der Waals surface area (Å²) in [6.07, 6.45) is 1.72. The zero-order valence-corrected chi connectivity index (χ0v) is 9.04. The van der Waals surface area contributed by atoms with Crippen molar-refractivity contribution < 1.29 is 12.8 Å². The Kier molecular flexibility index (Phi) is 3.86. The minimum Gasteiger partial charge on any atom is -0.390 e. The molecule has 0 radical (unpaired) electrons. The number of anilines is 2. The Bertz CT molecular complexity index is 401. The minimum absolute atomic E-state index is 0.00763. The third-order valence-corrected chi connectivity index (χ3v) is 2.16. The average molecular weight is 235 g/mol. The molecular formula is C6H13N5O3S. The van der Waals surface area contributed by atoms with Crippen molar-refractivity contribution in [2.24, 2.45) is 0 Å². The van der Waals surface area contributed by atoms with E-state index in [1.807, 2.05) is 0 Å². The Labute approximate surface area is 87.3 Å². The number of sulfonamides is 1. The van der Waals surface area contributed by atoms with Gasteiger partial charge in [0.2, 0.25) is 10.0 Å². The van der Waals surface area contributed by atoms with Crippen molar-refractivity contribution in [3.8, 4) is 0 Å². The van der Waals surface area contributed by atoms with Gasteiger partial charge in [0.1, 0.15) is 0 Å². The van der Waals surface area contributed by atoms with Crippen molar-refractivity contribution in [2.75, 3.05) is 30.4 Å². The molecular weight excluding hydrogens is 222 g/mol. The first-order valence-electron chi connectivity index (χ1n) is 4.25. The van der Waals surface area contributed by atoms with E-state index in [9.17, 15) is 8.42 Å². The van der Waals surface area contributed by atoms with E-state index in [4.69, 9.17) is 10.2 Å². The highest BCUT2D eigenvalue weighted by atomic mass is 32.2. The summed E-state index contributed by atoms with van der Waals surface area (Å²) in [6, 6.07) is 0.221. The molecule has 0 aliphatic carbocycles. The van der Waals surface area contributed by atoms with Crippen LogP contribution in [0.2, 0.25) is 0 Å². The van der Waals surface area contributed by atoms with Gasteiger partial charge in [-0.05, 0) is 6.42 Å². The molecule has 8 nitrogen and oxygen atoms in total. The third-order valence-electron chi connectivity index (χ3n) is 1.43. The van der Waals surface area contributed by atoms with Crippen LogP contribution in [0.15, 0.2) is 4.42 Å². The van der Waals surface area contributed by atoms with E-state index in [0.717, 1.165) is 6.26 Å². The summed E-state index contributed by atoms with van der Waals surface area (Å²) in [5.74, 6) is 0. The highest BCUT2D eigenvalue weighted by molar-refractivity contribution is 7.88. The molecule has 0 aromatic carbocycles. The molecule has 0 saturated heterocycles. The molecule has 0 atom stereocenters. The Morgan fingerprint density at radius 3 is 2.67 bits per heavy atom. The van der Waals surface area contributed by atoms with Crippen LogP contribution in [0.3, 0.4) is 0 Å². The Balaban J connectivity index is 2.12. The number of nitrogen functional groups attached to an aromatic ring is 1. The largest absolute Gasteiger partial charge is 0.390 e. The van der Waals surface area contributed by atoms with Crippen LogP contribution in [0, 0.1) is 0 Å². The van der Waals surface area contributed by atoms with E-state index in [1.165, 1.54) is 0 Å². The fourth-order valence-corrected chi connectivity index (χ4v) is 1.36. The van der Waals surface area contributed by atoms with Crippen molar-refractivity contribution in [1.29, 1.82) is 0 Å². The van der Waals surface area contributed by atoms with E-state index < -0.39 is 10.0 Å². The smallest absolute Gasteiger partial charge is 0.316 e. The molecule has 0 amide bonds. The Morgan fingerprint density at radius 2 is 2.13 bits per heavy atom. The predicted octanol–water partition coefficient (Wildman–Crippen LogP) is -0.997. The van der Waals surface area contributed by atoms with Gasteiger partial charge in [-0.1, -0.05) is 10.2 Å². The van der Waals surface area contributed by atoms with Crippen LogP contribution in [0.1, 0.15) is 6.42 Å². The first-order chi connectivity index (χ1) is 6.97. The van der Waals surface area contributed by atoms with Gasteiger partial charge in [0.15, 0.2) is 0 Å². The SMILES string of the molecule is CS(=O)(=O)NCCCNc1nnc(N)o1. The quantitative estimate of drug-likeness (QED) is 0.540. The lowest BCUT2D eigenvalue weighted by Crippen LogP contribution is -2.24. The second-order valence-corrected chi connectivity index (χ2v) is 4.73. The minimum atomic E-state index is -3.11. The lowest BCUT2D eigenvalue weighted by atomic mass is 10.4. The predicted molar refractivity (Wildman–Crippen MR) is 54.7 cm³/mol. The topological polar surface area (TPSA) is 123 Å². The van der Waals surface area contributed by atoms with Crippen LogP contribution in [-0.4, -0.2) is 38.0 Å². The molecule has 86 valence electrons.